The Morgan fingerprint density at radius 3 is 2.64 bits per heavy atom. The first-order chi connectivity index (χ1) is 13.2. The Bertz CT molecular complexity index is 897. The Kier molecular flexibility index (Phi) is 8.26. The number of anilines is 2. The Morgan fingerprint density at radius 2 is 2.00 bits per heavy atom. The van der Waals surface area contributed by atoms with E-state index in [9.17, 15) is 13.2 Å². The number of hydrogen-bond donors (Lipinski definition) is 1. The van der Waals surface area contributed by atoms with Crippen molar-refractivity contribution in [2.45, 2.75) is 38.0 Å². The molecule has 7 nitrogen and oxygen atoms in total. The van der Waals surface area contributed by atoms with Crippen LogP contribution in [-0.2, 0) is 14.8 Å². The third-order valence-corrected chi connectivity index (χ3v) is 7.32. The quantitative estimate of drug-likeness (QED) is 0.445. The van der Waals surface area contributed by atoms with Gasteiger partial charge in [0.1, 0.15) is 0 Å². The summed E-state index contributed by atoms with van der Waals surface area (Å²) in [6, 6.07) is 7.30. The van der Waals surface area contributed by atoms with Gasteiger partial charge in [0.15, 0.2) is 4.34 Å². The van der Waals surface area contributed by atoms with Gasteiger partial charge in [-0.3, -0.25) is 9.10 Å². The molecule has 0 saturated carbocycles. The summed E-state index contributed by atoms with van der Waals surface area (Å²) in [7, 11) is -3.43. The van der Waals surface area contributed by atoms with E-state index in [2.05, 4.69) is 29.4 Å². The molecule has 0 aliphatic carbocycles. The lowest BCUT2D eigenvalue weighted by molar-refractivity contribution is -0.116. The van der Waals surface area contributed by atoms with Crippen molar-refractivity contribution >= 4 is 49.8 Å². The summed E-state index contributed by atoms with van der Waals surface area (Å²) in [5.74, 6) is 1.30. The van der Waals surface area contributed by atoms with Gasteiger partial charge in [0.2, 0.25) is 21.1 Å². The maximum atomic E-state index is 12.2. The summed E-state index contributed by atoms with van der Waals surface area (Å²) in [6.45, 7) is 6.37. The zero-order chi connectivity index (χ0) is 20.7. The number of sulfonamides is 1. The summed E-state index contributed by atoms with van der Waals surface area (Å²) in [6.07, 6.45) is 1.78. The number of carbonyl (C=O) groups excluding carboxylic acids is 1. The molecule has 0 spiro atoms. The van der Waals surface area contributed by atoms with Crippen LogP contribution in [0.15, 0.2) is 28.6 Å². The average Bonchev–Trinajstić information content (AvgIpc) is 3.04. The van der Waals surface area contributed by atoms with Crippen LogP contribution in [0, 0.1) is 12.8 Å². The second-order valence-corrected chi connectivity index (χ2v) is 11.0. The smallest absolute Gasteiger partial charge is 0.232 e. The summed E-state index contributed by atoms with van der Waals surface area (Å²) in [4.78, 5) is 12.2. The van der Waals surface area contributed by atoms with Crippen LogP contribution >= 0.6 is 23.1 Å². The minimum atomic E-state index is -3.43. The Labute approximate surface area is 175 Å². The molecule has 0 radical (unpaired) electrons. The van der Waals surface area contributed by atoms with Gasteiger partial charge in [-0.15, -0.1) is 10.2 Å². The number of rotatable bonds is 10. The van der Waals surface area contributed by atoms with Gasteiger partial charge in [-0.25, -0.2) is 8.42 Å². The van der Waals surface area contributed by atoms with Crippen molar-refractivity contribution in [2.24, 2.45) is 5.92 Å². The molecule has 1 aromatic carbocycles. The van der Waals surface area contributed by atoms with Gasteiger partial charge >= 0.3 is 0 Å². The predicted octanol–water partition coefficient (Wildman–Crippen LogP) is 3.78. The van der Waals surface area contributed by atoms with Crippen LogP contribution in [-0.4, -0.2) is 43.1 Å². The maximum Gasteiger partial charge on any atom is 0.232 e. The number of carbonyl (C=O) groups is 1. The molecule has 1 aromatic heterocycles. The van der Waals surface area contributed by atoms with Gasteiger partial charge in [-0.2, -0.15) is 0 Å². The SMILES string of the molecule is Cc1ccccc1N(CCCC(=O)Nc1nnc(SCC(C)C)s1)S(C)(=O)=O. The largest absolute Gasteiger partial charge is 0.301 e. The average molecular weight is 443 g/mol. The summed E-state index contributed by atoms with van der Waals surface area (Å²) in [5, 5.41) is 11.3. The van der Waals surface area contributed by atoms with Crippen LogP contribution in [0.1, 0.15) is 32.3 Å². The number of amides is 1. The third kappa shape index (κ3) is 7.06. The molecular weight excluding hydrogens is 416 g/mol. The van der Waals surface area contributed by atoms with Crippen LogP contribution < -0.4 is 9.62 Å². The molecule has 2 aromatic rings. The van der Waals surface area contributed by atoms with Crippen molar-refractivity contribution in [3.8, 4) is 0 Å². The lowest BCUT2D eigenvalue weighted by atomic mass is 10.2. The Morgan fingerprint density at radius 1 is 1.29 bits per heavy atom. The van der Waals surface area contributed by atoms with Crippen molar-refractivity contribution in [1.82, 2.24) is 10.2 Å². The summed E-state index contributed by atoms with van der Waals surface area (Å²) in [5.41, 5.74) is 1.51. The number of nitrogens with one attached hydrogen (secondary N) is 1. The highest BCUT2D eigenvalue weighted by Gasteiger charge is 2.19. The second kappa shape index (κ2) is 10.2. The fourth-order valence-corrected chi connectivity index (χ4v) is 5.20. The van der Waals surface area contributed by atoms with E-state index < -0.39 is 10.0 Å². The molecule has 0 atom stereocenters. The molecule has 0 aliphatic heterocycles. The van der Waals surface area contributed by atoms with Gasteiger partial charge in [0.25, 0.3) is 0 Å². The first-order valence-electron chi connectivity index (χ1n) is 8.96. The van der Waals surface area contributed by atoms with E-state index in [0.29, 0.717) is 23.2 Å². The van der Waals surface area contributed by atoms with Crippen LogP contribution in [0.25, 0.3) is 0 Å². The fraction of sp³-hybridized carbons (Fsp3) is 0.500. The topological polar surface area (TPSA) is 92.3 Å². The van der Waals surface area contributed by atoms with Crippen LogP contribution in [0.4, 0.5) is 10.8 Å². The maximum absolute atomic E-state index is 12.2. The van der Waals surface area contributed by atoms with Gasteiger partial charge < -0.3 is 5.32 Å². The molecule has 1 heterocycles. The number of thioether (sulfide) groups is 1. The normalized spacial score (nSPS) is 11.6. The number of aromatic nitrogens is 2. The number of para-hydroxylation sites is 1. The van der Waals surface area contributed by atoms with Crippen molar-refractivity contribution in [2.75, 3.05) is 28.2 Å². The van der Waals surface area contributed by atoms with Gasteiger partial charge in [0, 0.05) is 18.7 Å². The highest BCUT2D eigenvalue weighted by Crippen LogP contribution is 2.27. The Balaban J connectivity index is 1.89. The molecule has 0 unspecified atom stereocenters. The number of benzene rings is 1. The van der Waals surface area contributed by atoms with E-state index >= 15 is 0 Å². The van der Waals surface area contributed by atoms with E-state index in [0.717, 1.165) is 15.7 Å². The molecular formula is C18H26N4O3S3. The highest BCUT2D eigenvalue weighted by atomic mass is 32.2. The monoisotopic (exact) mass is 442 g/mol. The van der Waals surface area contributed by atoms with E-state index in [1.54, 1.807) is 23.9 Å². The third-order valence-electron chi connectivity index (χ3n) is 3.74. The van der Waals surface area contributed by atoms with Gasteiger partial charge in [0.05, 0.1) is 11.9 Å². The Hall–Kier alpha value is -1.65. The van der Waals surface area contributed by atoms with E-state index in [4.69, 9.17) is 0 Å². The van der Waals surface area contributed by atoms with E-state index in [1.165, 1.54) is 21.9 Å². The molecule has 154 valence electrons. The van der Waals surface area contributed by atoms with Crippen molar-refractivity contribution in [1.29, 1.82) is 0 Å². The molecule has 0 fully saturated rings. The lowest BCUT2D eigenvalue weighted by Gasteiger charge is -2.24. The number of aryl methyl sites for hydroxylation is 1. The second-order valence-electron chi connectivity index (χ2n) is 6.85. The molecule has 0 saturated heterocycles. The van der Waals surface area contributed by atoms with Crippen molar-refractivity contribution in [3.05, 3.63) is 29.8 Å². The van der Waals surface area contributed by atoms with Crippen LogP contribution in [0.2, 0.25) is 0 Å². The van der Waals surface area contributed by atoms with E-state index in [1.807, 2.05) is 19.1 Å². The highest BCUT2D eigenvalue weighted by molar-refractivity contribution is 8.01. The van der Waals surface area contributed by atoms with Crippen molar-refractivity contribution < 1.29 is 13.2 Å². The standard InChI is InChI=1S/C18H26N4O3S3/c1-13(2)12-26-18-21-20-17(27-18)19-16(23)10-7-11-22(28(4,24)25)15-9-6-5-8-14(15)3/h5-6,8-9,13H,7,10-12H2,1-4H3,(H,19,20,23). The van der Waals surface area contributed by atoms with Crippen LogP contribution in [0.3, 0.4) is 0 Å². The number of nitrogens with zero attached hydrogens (tertiary/aromatic N) is 3. The van der Waals surface area contributed by atoms with Gasteiger partial charge in [-0.05, 0) is 30.9 Å². The van der Waals surface area contributed by atoms with Gasteiger partial charge in [-0.1, -0.05) is 55.1 Å². The molecule has 10 heteroatoms. The summed E-state index contributed by atoms with van der Waals surface area (Å²) < 4.78 is 26.5. The molecule has 1 N–H and O–H groups in total. The predicted molar refractivity (Wildman–Crippen MR) is 117 cm³/mol. The fourth-order valence-electron chi connectivity index (χ4n) is 2.43. The number of hydrogen-bond acceptors (Lipinski definition) is 7. The molecule has 0 aliphatic rings. The van der Waals surface area contributed by atoms with Crippen LogP contribution in [0.5, 0.6) is 0 Å². The molecule has 1 amide bonds. The van der Waals surface area contributed by atoms with Crippen molar-refractivity contribution in [3.63, 3.8) is 0 Å². The lowest BCUT2D eigenvalue weighted by Crippen LogP contribution is -2.32. The first kappa shape index (κ1) is 22.6. The molecule has 0 bridgehead atoms. The molecule has 2 rings (SSSR count). The zero-order valence-corrected chi connectivity index (χ0v) is 19.0. The zero-order valence-electron chi connectivity index (χ0n) is 16.5. The minimum Gasteiger partial charge on any atom is -0.301 e. The van der Waals surface area contributed by atoms with E-state index in [-0.39, 0.29) is 18.9 Å². The first-order valence-corrected chi connectivity index (χ1v) is 12.6. The summed E-state index contributed by atoms with van der Waals surface area (Å²) >= 11 is 2.97. The minimum absolute atomic E-state index is 0.199. The molecule has 28 heavy (non-hydrogen) atoms.